The Hall–Kier alpha value is -0.500. The maximum Gasteiger partial charge on any atom is 0.0384 e. The van der Waals surface area contributed by atoms with Gasteiger partial charge in [-0.05, 0) is 37.0 Å². The largest absolute Gasteiger partial charge is 0.385 e. The van der Waals surface area contributed by atoms with Gasteiger partial charge in [-0.2, -0.15) is 0 Å². The van der Waals surface area contributed by atoms with Crippen LogP contribution in [0.2, 0.25) is 0 Å². The number of benzene rings is 1. The van der Waals surface area contributed by atoms with Gasteiger partial charge in [0.05, 0.1) is 0 Å². The molecule has 0 aromatic heterocycles. The van der Waals surface area contributed by atoms with E-state index in [4.69, 9.17) is 0 Å². The van der Waals surface area contributed by atoms with Gasteiger partial charge in [0.2, 0.25) is 0 Å². The zero-order valence-electron chi connectivity index (χ0n) is 7.15. The van der Waals surface area contributed by atoms with Gasteiger partial charge < -0.3 is 5.32 Å². The zero-order chi connectivity index (χ0) is 8.55. The molecule has 0 saturated heterocycles. The lowest BCUT2D eigenvalue weighted by molar-refractivity contribution is 0.828. The van der Waals surface area contributed by atoms with E-state index in [1.54, 1.807) is 0 Å². The van der Waals surface area contributed by atoms with Crippen LogP contribution >= 0.6 is 15.9 Å². The molecule has 1 aromatic carbocycles. The summed E-state index contributed by atoms with van der Waals surface area (Å²) in [5.74, 6) is 0. The zero-order valence-corrected chi connectivity index (χ0v) is 8.74. The van der Waals surface area contributed by atoms with Crippen LogP contribution in [-0.4, -0.2) is 6.54 Å². The fraction of sp³-hybridized carbons (Fsp3) is 0.400. The molecule has 12 heavy (non-hydrogen) atoms. The smallest absolute Gasteiger partial charge is 0.0384 e. The van der Waals surface area contributed by atoms with Crippen LogP contribution in [0.5, 0.6) is 0 Å². The lowest BCUT2D eigenvalue weighted by atomic mass is 10.0. The van der Waals surface area contributed by atoms with Crippen LogP contribution < -0.4 is 5.32 Å². The van der Waals surface area contributed by atoms with E-state index in [0.717, 1.165) is 6.54 Å². The standard InChI is InChI=1S/C10H12BrN/c1-7-5-8-3-2-4-12-10(8)6-9(7)11/h5-6,12H,2-4H2,1H3. The van der Waals surface area contributed by atoms with Crippen molar-refractivity contribution < 1.29 is 0 Å². The lowest BCUT2D eigenvalue weighted by Crippen LogP contribution is -2.11. The minimum Gasteiger partial charge on any atom is -0.385 e. The topological polar surface area (TPSA) is 12.0 Å². The summed E-state index contributed by atoms with van der Waals surface area (Å²) >= 11 is 3.53. The molecule has 0 unspecified atom stereocenters. The van der Waals surface area contributed by atoms with Gasteiger partial charge in [-0.3, -0.25) is 0 Å². The average molecular weight is 226 g/mol. The summed E-state index contributed by atoms with van der Waals surface area (Å²) in [5, 5.41) is 3.40. The Morgan fingerprint density at radius 1 is 1.42 bits per heavy atom. The van der Waals surface area contributed by atoms with Gasteiger partial charge in [0.1, 0.15) is 0 Å². The summed E-state index contributed by atoms with van der Waals surface area (Å²) in [6, 6.07) is 4.45. The van der Waals surface area contributed by atoms with Crippen molar-refractivity contribution in [1.82, 2.24) is 0 Å². The van der Waals surface area contributed by atoms with Crippen molar-refractivity contribution in [2.45, 2.75) is 19.8 Å². The van der Waals surface area contributed by atoms with E-state index in [2.05, 4.69) is 40.3 Å². The molecule has 64 valence electrons. The minimum atomic E-state index is 1.11. The summed E-state index contributed by atoms with van der Waals surface area (Å²) in [7, 11) is 0. The Morgan fingerprint density at radius 3 is 3.08 bits per heavy atom. The van der Waals surface area contributed by atoms with Crippen LogP contribution in [0.3, 0.4) is 0 Å². The Labute approximate surface area is 81.3 Å². The number of anilines is 1. The molecule has 0 fully saturated rings. The summed E-state index contributed by atoms with van der Waals surface area (Å²) < 4.78 is 1.20. The third-order valence-corrected chi connectivity index (χ3v) is 3.18. The highest BCUT2D eigenvalue weighted by molar-refractivity contribution is 9.10. The molecule has 1 aromatic rings. The van der Waals surface area contributed by atoms with E-state index in [1.807, 2.05) is 0 Å². The maximum atomic E-state index is 3.53. The van der Waals surface area contributed by atoms with Crippen molar-refractivity contribution in [3.8, 4) is 0 Å². The molecular weight excluding hydrogens is 214 g/mol. The molecule has 1 N–H and O–H groups in total. The highest BCUT2D eigenvalue weighted by Gasteiger charge is 2.09. The highest BCUT2D eigenvalue weighted by Crippen LogP contribution is 2.28. The van der Waals surface area contributed by atoms with Crippen LogP contribution in [0.1, 0.15) is 17.5 Å². The van der Waals surface area contributed by atoms with Crippen molar-refractivity contribution >= 4 is 21.6 Å². The van der Waals surface area contributed by atoms with Gasteiger partial charge in [0.25, 0.3) is 0 Å². The fourth-order valence-electron chi connectivity index (χ4n) is 1.61. The SMILES string of the molecule is Cc1cc2c(cc1Br)NCCC2. The van der Waals surface area contributed by atoms with Gasteiger partial charge in [-0.25, -0.2) is 0 Å². The second-order valence-corrected chi connectivity index (χ2v) is 4.14. The molecule has 0 atom stereocenters. The van der Waals surface area contributed by atoms with Crippen molar-refractivity contribution in [3.63, 3.8) is 0 Å². The Kier molecular flexibility index (Phi) is 2.09. The van der Waals surface area contributed by atoms with Gasteiger partial charge in [0, 0.05) is 16.7 Å². The summed E-state index contributed by atoms with van der Waals surface area (Å²) in [5.41, 5.74) is 4.10. The normalized spacial score (nSPS) is 15.2. The summed E-state index contributed by atoms with van der Waals surface area (Å²) in [4.78, 5) is 0. The quantitative estimate of drug-likeness (QED) is 0.716. The first kappa shape index (κ1) is 8.11. The molecule has 1 heterocycles. The van der Waals surface area contributed by atoms with E-state index in [9.17, 15) is 0 Å². The number of hydrogen-bond acceptors (Lipinski definition) is 1. The van der Waals surface area contributed by atoms with Gasteiger partial charge in [-0.1, -0.05) is 22.0 Å². The predicted molar refractivity (Wildman–Crippen MR) is 55.7 cm³/mol. The molecule has 1 aliphatic heterocycles. The number of rotatable bonds is 0. The molecule has 0 spiro atoms. The Bertz CT molecular complexity index is 276. The van der Waals surface area contributed by atoms with E-state index < -0.39 is 0 Å². The van der Waals surface area contributed by atoms with Crippen LogP contribution in [0.15, 0.2) is 16.6 Å². The fourth-order valence-corrected chi connectivity index (χ4v) is 1.96. The first-order valence-electron chi connectivity index (χ1n) is 4.30. The number of hydrogen-bond donors (Lipinski definition) is 1. The van der Waals surface area contributed by atoms with Crippen LogP contribution in [0.25, 0.3) is 0 Å². The van der Waals surface area contributed by atoms with E-state index in [0.29, 0.717) is 0 Å². The van der Waals surface area contributed by atoms with Crippen molar-refractivity contribution in [3.05, 3.63) is 27.7 Å². The van der Waals surface area contributed by atoms with Gasteiger partial charge in [0.15, 0.2) is 0 Å². The third-order valence-electron chi connectivity index (χ3n) is 2.32. The van der Waals surface area contributed by atoms with Crippen molar-refractivity contribution in [1.29, 1.82) is 0 Å². The Morgan fingerprint density at radius 2 is 2.25 bits per heavy atom. The minimum absolute atomic E-state index is 1.11. The summed E-state index contributed by atoms with van der Waals surface area (Å²) in [6.07, 6.45) is 2.48. The van der Waals surface area contributed by atoms with Gasteiger partial charge >= 0.3 is 0 Å². The maximum absolute atomic E-state index is 3.53. The second-order valence-electron chi connectivity index (χ2n) is 3.29. The molecule has 0 bridgehead atoms. The van der Waals surface area contributed by atoms with E-state index in [1.165, 1.54) is 34.1 Å². The summed E-state index contributed by atoms with van der Waals surface area (Å²) in [6.45, 7) is 3.25. The van der Waals surface area contributed by atoms with Crippen molar-refractivity contribution in [2.75, 3.05) is 11.9 Å². The molecular formula is C10H12BrN. The molecule has 0 aliphatic carbocycles. The first-order chi connectivity index (χ1) is 5.77. The number of nitrogens with one attached hydrogen (secondary N) is 1. The highest BCUT2D eigenvalue weighted by atomic mass is 79.9. The number of fused-ring (bicyclic) bond motifs is 1. The molecule has 1 aliphatic rings. The van der Waals surface area contributed by atoms with Crippen LogP contribution in [0, 0.1) is 6.92 Å². The molecule has 2 heteroatoms. The molecule has 0 radical (unpaired) electrons. The lowest BCUT2D eigenvalue weighted by Gasteiger charge is -2.18. The van der Waals surface area contributed by atoms with Crippen LogP contribution in [-0.2, 0) is 6.42 Å². The Balaban J connectivity index is 2.49. The number of aryl methyl sites for hydroxylation is 2. The van der Waals surface area contributed by atoms with E-state index in [-0.39, 0.29) is 0 Å². The van der Waals surface area contributed by atoms with Gasteiger partial charge in [-0.15, -0.1) is 0 Å². The first-order valence-corrected chi connectivity index (χ1v) is 5.09. The predicted octanol–water partition coefficient (Wildman–Crippen LogP) is 3.12. The molecule has 2 rings (SSSR count). The van der Waals surface area contributed by atoms with Crippen molar-refractivity contribution in [2.24, 2.45) is 0 Å². The van der Waals surface area contributed by atoms with Crippen LogP contribution in [0.4, 0.5) is 5.69 Å². The molecule has 1 nitrogen and oxygen atoms in total. The molecule has 0 amide bonds. The monoisotopic (exact) mass is 225 g/mol. The second kappa shape index (κ2) is 3.09. The van der Waals surface area contributed by atoms with E-state index >= 15 is 0 Å². The third kappa shape index (κ3) is 1.36. The average Bonchev–Trinajstić information content (AvgIpc) is 2.07. The number of halogens is 1. The molecule has 0 saturated carbocycles.